The topological polar surface area (TPSA) is 56.7 Å². The van der Waals surface area contributed by atoms with Crippen molar-refractivity contribution in [1.82, 2.24) is 10.6 Å². The van der Waals surface area contributed by atoms with Crippen LogP contribution in [0.15, 0.2) is 47.5 Å². The van der Waals surface area contributed by atoms with E-state index < -0.39 is 11.6 Å². The standard InChI is InChI=1S/C22H26F2N4O/c1-15(17-7-10-19(23)20(24)12-17)13-26-22(25-2)27-14-16-5-8-18(9-6-16)28-11-3-4-21(28)29/h5-10,12,15H,3-4,11,13-14H2,1-2H3,(H2,25,26,27). The molecule has 0 aliphatic carbocycles. The lowest BCUT2D eigenvalue weighted by molar-refractivity contribution is -0.117. The predicted octanol–water partition coefficient (Wildman–Crippen LogP) is 3.56. The van der Waals surface area contributed by atoms with Crippen LogP contribution in [-0.4, -0.2) is 32.0 Å². The third-order valence-electron chi connectivity index (χ3n) is 5.09. The zero-order chi connectivity index (χ0) is 20.8. The molecule has 1 atom stereocenters. The van der Waals surface area contributed by atoms with Gasteiger partial charge in [-0.05, 0) is 47.7 Å². The summed E-state index contributed by atoms with van der Waals surface area (Å²) in [6, 6.07) is 11.9. The van der Waals surface area contributed by atoms with Gasteiger partial charge in [-0.3, -0.25) is 9.79 Å². The van der Waals surface area contributed by atoms with Gasteiger partial charge in [-0.1, -0.05) is 25.1 Å². The van der Waals surface area contributed by atoms with E-state index in [2.05, 4.69) is 15.6 Å². The zero-order valence-corrected chi connectivity index (χ0v) is 16.7. The molecule has 1 aliphatic heterocycles. The maximum absolute atomic E-state index is 13.4. The van der Waals surface area contributed by atoms with Crippen LogP contribution in [0.5, 0.6) is 0 Å². The Morgan fingerprint density at radius 2 is 1.90 bits per heavy atom. The lowest BCUT2D eigenvalue weighted by Gasteiger charge is -2.18. The fraction of sp³-hybridized carbons (Fsp3) is 0.364. The number of nitrogens with zero attached hydrogens (tertiary/aromatic N) is 2. The SMILES string of the molecule is CN=C(NCc1ccc(N2CCCC2=O)cc1)NCC(C)c1ccc(F)c(F)c1. The summed E-state index contributed by atoms with van der Waals surface area (Å²) in [5.74, 6) is -0.891. The number of guanidine groups is 1. The third kappa shape index (κ3) is 5.31. The first-order chi connectivity index (χ1) is 14.0. The molecule has 0 radical (unpaired) electrons. The van der Waals surface area contributed by atoms with E-state index in [-0.39, 0.29) is 11.8 Å². The Bertz CT molecular complexity index is 883. The van der Waals surface area contributed by atoms with Gasteiger partial charge in [0, 0.05) is 38.8 Å². The predicted molar refractivity (Wildman–Crippen MR) is 111 cm³/mol. The van der Waals surface area contributed by atoms with E-state index in [1.807, 2.05) is 36.1 Å². The number of halogens is 2. The molecule has 1 amide bonds. The summed E-state index contributed by atoms with van der Waals surface area (Å²) in [4.78, 5) is 17.8. The quantitative estimate of drug-likeness (QED) is 0.576. The maximum atomic E-state index is 13.4. The Morgan fingerprint density at radius 3 is 2.52 bits per heavy atom. The number of carbonyl (C=O) groups excluding carboxylic acids is 1. The number of carbonyl (C=O) groups is 1. The van der Waals surface area contributed by atoms with Crippen LogP contribution in [0.25, 0.3) is 0 Å². The molecule has 2 aromatic rings. The number of rotatable bonds is 6. The molecule has 0 spiro atoms. The van der Waals surface area contributed by atoms with Crippen molar-refractivity contribution in [3.8, 4) is 0 Å². The molecule has 2 N–H and O–H groups in total. The molecule has 5 nitrogen and oxygen atoms in total. The Morgan fingerprint density at radius 1 is 1.14 bits per heavy atom. The van der Waals surface area contributed by atoms with Crippen molar-refractivity contribution in [1.29, 1.82) is 0 Å². The minimum absolute atomic E-state index is 0.0130. The van der Waals surface area contributed by atoms with E-state index in [4.69, 9.17) is 0 Å². The third-order valence-corrected chi connectivity index (χ3v) is 5.09. The second kappa shape index (κ2) is 9.49. The fourth-order valence-corrected chi connectivity index (χ4v) is 3.31. The van der Waals surface area contributed by atoms with E-state index in [0.29, 0.717) is 25.5 Å². The van der Waals surface area contributed by atoms with Crippen molar-refractivity contribution in [2.45, 2.75) is 32.2 Å². The summed E-state index contributed by atoms with van der Waals surface area (Å²) in [7, 11) is 1.68. The van der Waals surface area contributed by atoms with E-state index in [9.17, 15) is 13.6 Å². The van der Waals surface area contributed by atoms with E-state index >= 15 is 0 Å². The average molecular weight is 400 g/mol. The summed E-state index contributed by atoms with van der Waals surface area (Å²) in [6.45, 7) is 3.82. The number of amides is 1. The minimum atomic E-state index is -0.841. The number of benzene rings is 2. The first kappa shape index (κ1) is 20.8. The van der Waals surface area contributed by atoms with Crippen LogP contribution < -0.4 is 15.5 Å². The Hall–Kier alpha value is -2.96. The van der Waals surface area contributed by atoms with Crippen molar-refractivity contribution < 1.29 is 13.6 Å². The molecule has 2 aromatic carbocycles. The molecule has 1 unspecified atom stereocenters. The van der Waals surface area contributed by atoms with Gasteiger partial charge in [0.1, 0.15) is 0 Å². The molecule has 0 aromatic heterocycles. The Balaban J connectivity index is 1.50. The zero-order valence-electron chi connectivity index (χ0n) is 16.7. The first-order valence-electron chi connectivity index (χ1n) is 9.76. The summed E-state index contributed by atoms with van der Waals surface area (Å²) in [5, 5.41) is 6.44. The molecular formula is C22H26F2N4O. The van der Waals surface area contributed by atoms with Gasteiger partial charge in [0.25, 0.3) is 0 Å². The molecule has 1 fully saturated rings. The van der Waals surface area contributed by atoms with Crippen molar-refractivity contribution in [3.05, 3.63) is 65.2 Å². The highest BCUT2D eigenvalue weighted by Gasteiger charge is 2.21. The molecule has 154 valence electrons. The molecule has 1 aliphatic rings. The van der Waals surface area contributed by atoms with Crippen LogP contribution >= 0.6 is 0 Å². The van der Waals surface area contributed by atoms with Crippen LogP contribution in [0.3, 0.4) is 0 Å². The Kier molecular flexibility index (Phi) is 6.80. The second-order valence-corrected chi connectivity index (χ2v) is 7.20. The normalized spacial score (nSPS) is 15.5. The monoisotopic (exact) mass is 400 g/mol. The second-order valence-electron chi connectivity index (χ2n) is 7.20. The van der Waals surface area contributed by atoms with Crippen LogP contribution in [0.2, 0.25) is 0 Å². The number of aliphatic imine (C=N–C) groups is 1. The van der Waals surface area contributed by atoms with Gasteiger partial charge in [0.2, 0.25) is 5.91 Å². The van der Waals surface area contributed by atoms with Crippen molar-refractivity contribution in [2.75, 3.05) is 25.0 Å². The van der Waals surface area contributed by atoms with E-state index in [0.717, 1.165) is 35.8 Å². The van der Waals surface area contributed by atoms with Crippen LogP contribution in [-0.2, 0) is 11.3 Å². The highest BCUT2D eigenvalue weighted by atomic mass is 19.2. The molecule has 1 saturated heterocycles. The van der Waals surface area contributed by atoms with Crippen molar-refractivity contribution in [2.24, 2.45) is 4.99 Å². The van der Waals surface area contributed by atoms with Crippen molar-refractivity contribution in [3.63, 3.8) is 0 Å². The molecule has 3 rings (SSSR count). The fourth-order valence-electron chi connectivity index (χ4n) is 3.31. The van der Waals surface area contributed by atoms with Crippen LogP contribution in [0.4, 0.5) is 14.5 Å². The van der Waals surface area contributed by atoms with Gasteiger partial charge >= 0.3 is 0 Å². The van der Waals surface area contributed by atoms with Crippen molar-refractivity contribution >= 4 is 17.6 Å². The molecular weight excluding hydrogens is 374 g/mol. The van der Waals surface area contributed by atoms with Crippen LogP contribution in [0.1, 0.15) is 36.8 Å². The maximum Gasteiger partial charge on any atom is 0.227 e. The molecule has 0 saturated carbocycles. The van der Waals surface area contributed by atoms with E-state index in [1.54, 1.807) is 13.1 Å². The van der Waals surface area contributed by atoms with Gasteiger partial charge in [0.15, 0.2) is 17.6 Å². The van der Waals surface area contributed by atoms with Gasteiger partial charge in [0.05, 0.1) is 0 Å². The first-order valence-corrected chi connectivity index (χ1v) is 9.76. The lowest BCUT2D eigenvalue weighted by atomic mass is 10.0. The molecule has 1 heterocycles. The molecule has 29 heavy (non-hydrogen) atoms. The number of hydrogen-bond donors (Lipinski definition) is 2. The minimum Gasteiger partial charge on any atom is -0.356 e. The average Bonchev–Trinajstić information content (AvgIpc) is 3.16. The van der Waals surface area contributed by atoms with Gasteiger partial charge < -0.3 is 15.5 Å². The van der Waals surface area contributed by atoms with Crippen LogP contribution in [0, 0.1) is 11.6 Å². The highest BCUT2D eigenvalue weighted by Crippen LogP contribution is 2.21. The number of nitrogens with one attached hydrogen (secondary N) is 2. The van der Waals surface area contributed by atoms with Gasteiger partial charge in [-0.2, -0.15) is 0 Å². The molecule has 0 bridgehead atoms. The summed E-state index contributed by atoms with van der Waals surface area (Å²) < 4.78 is 26.5. The largest absolute Gasteiger partial charge is 0.356 e. The Labute approximate surface area is 169 Å². The number of hydrogen-bond acceptors (Lipinski definition) is 2. The summed E-state index contributed by atoms with van der Waals surface area (Å²) >= 11 is 0. The molecule has 7 heteroatoms. The van der Waals surface area contributed by atoms with Gasteiger partial charge in [-0.15, -0.1) is 0 Å². The summed E-state index contributed by atoms with van der Waals surface area (Å²) in [6.07, 6.45) is 1.53. The van der Waals surface area contributed by atoms with Gasteiger partial charge in [-0.25, -0.2) is 8.78 Å². The summed E-state index contributed by atoms with van der Waals surface area (Å²) in [5.41, 5.74) is 2.72. The number of anilines is 1. The smallest absolute Gasteiger partial charge is 0.227 e. The highest BCUT2D eigenvalue weighted by molar-refractivity contribution is 5.95. The van der Waals surface area contributed by atoms with E-state index in [1.165, 1.54) is 6.07 Å². The lowest BCUT2D eigenvalue weighted by Crippen LogP contribution is -2.38.